The van der Waals surface area contributed by atoms with Gasteiger partial charge in [0.15, 0.2) is 0 Å². The molecule has 2 aliphatic rings. The lowest BCUT2D eigenvalue weighted by molar-refractivity contribution is 0.0936. The second-order valence-electron chi connectivity index (χ2n) is 6.52. The van der Waals surface area contributed by atoms with Crippen LogP contribution in [0.4, 0.5) is 5.95 Å². The minimum absolute atomic E-state index is 0.602. The van der Waals surface area contributed by atoms with Crippen molar-refractivity contribution < 1.29 is 0 Å². The Labute approximate surface area is 128 Å². The van der Waals surface area contributed by atoms with Crippen LogP contribution in [0, 0.1) is 0 Å². The molecule has 2 fully saturated rings. The monoisotopic (exact) mass is 289 g/mol. The van der Waals surface area contributed by atoms with Gasteiger partial charge in [-0.1, -0.05) is 0 Å². The summed E-state index contributed by atoms with van der Waals surface area (Å²) >= 11 is 0. The van der Waals surface area contributed by atoms with E-state index in [0.717, 1.165) is 45.2 Å². The topological polar surface area (TPSA) is 35.5 Å². The molecule has 0 aliphatic carbocycles. The van der Waals surface area contributed by atoms with Crippen LogP contribution in [0.3, 0.4) is 0 Å². The molecule has 21 heavy (non-hydrogen) atoms. The highest BCUT2D eigenvalue weighted by molar-refractivity contribution is 5.30. The molecule has 5 nitrogen and oxygen atoms in total. The first-order valence-corrected chi connectivity index (χ1v) is 8.21. The summed E-state index contributed by atoms with van der Waals surface area (Å²) in [6.07, 6.45) is 7.91. The second-order valence-corrected chi connectivity index (χ2v) is 6.52. The molecule has 1 atom stereocenters. The summed E-state index contributed by atoms with van der Waals surface area (Å²) in [7, 11) is 2.20. The van der Waals surface area contributed by atoms with Crippen molar-refractivity contribution >= 4 is 5.95 Å². The molecule has 0 bridgehead atoms. The van der Waals surface area contributed by atoms with Gasteiger partial charge in [-0.15, -0.1) is 0 Å². The van der Waals surface area contributed by atoms with Crippen LogP contribution < -0.4 is 4.90 Å². The fourth-order valence-corrected chi connectivity index (χ4v) is 3.33. The maximum absolute atomic E-state index is 4.59. The molecule has 2 aliphatic heterocycles. The van der Waals surface area contributed by atoms with Crippen LogP contribution in [0.5, 0.6) is 0 Å². The molecule has 2 saturated heterocycles. The molecule has 0 saturated carbocycles. The van der Waals surface area contributed by atoms with E-state index in [9.17, 15) is 0 Å². The first kappa shape index (κ1) is 14.7. The third-order valence-electron chi connectivity index (χ3n) is 4.68. The van der Waals surface area contributed by atoms with E-state index in [4.69, 9.17) is 0 Å². The van der Waals surface area contributed by atoms with Crippen molar-refractivity contribution in [3.8, 4) is 0 Å². The Morgan fingerprint density at radius 1 is 1.05 bits per heavy atom. The number of anilines is 1. The van der Waals surface area contributed by atoms with Gasteiger partial charge in [0.2, 0.25) is 5.95 Å². The minimum atomic E-state index is 0.602. The van der Waals surface area contributed by atoms with E-state index in [1.165, 1.54) is 24.8 Å². The van der Waals surface area contributed by atoms with E-state index >= 15 is 0 Å². The van der Waals surface area contributed by atoms with Gasteiger partial charge in [0.1, 0.15) is 0 Å². The molecule has 116 valence electrons. The number of rotatable bonds is 3. The fraction of sp³-hybridized carbons (Fsp3) is 0.750. The lowest BCUT2D eigenvalue weighted by Gasteiger charge is -2.38. The molecule has 3 heterocycles. The van der Waals surface area contributed by atoms with Gasteiger partial charge in [-0.25, -0.2) is 9.97 Å². The molecule has 1 aromatic rings. The predicted molar refractivity (Wildman–Crippen MR) is 85.5 cm³/mol. The van der Waals surface area contributed by atoms with E-state index < -0.39 is 0 Å². The Morgan fingerprint density at radius 2 is 1.76 bits per heavy atom. The van der Waals surface area contributed by atoms with E-state index in [-0.39, 0.29) is 0 Å². The van der Waals surface area contributed by atoms with Crippen molar-refractivity contribution in [1.82, 2.24) is 19.8 Å². The van der Waals surface area contributed by atoms with Gasteiger partial charge in [0.05, 0.1) is 0 Å². The van der Waals surface area contributed by atoms with Crippen LogP contribution >= 0.6 is 0 Å². The molecule has 3 rings (SSSR count). The molecule has 0 spiro atoms. The molecular weight excluding hydrogens is 262 g/mol. The Morgan fingerprint density at radius 3 is 2.43 bits per heavy atom. The number of likely N-dealkylation sites (N-methyl/N-ethyl adjacent to an activating group) is 1. The van der Waals surface area contributed by atoms with Gasteiger partial charge >= 0.3 is 0 Å². The SMILES string of the molecule is CC1CN(C)CCN1Cc1cnc(N2CCCCC2)nc1. The zero-order valence-electron chi connectivity index (χ0n) is 13.3. The normalized spacial score (nSPS) is 25.2. The molecule has 1 unspecified atom stereocenters. The molecule has 0 N–H and O–H groups in total. The van der Waals surface area contributed by atoms with Gasteiger partial charge in [-0.2, -0.15) is 0 Å². The van der Waals surface area contributed by atoms with Gasteiger partial charge in [-0.05, 0) is 33.2 Å². The van der Waals surface area contributed by atoms with Gasteiger partial charge < -0.3 is 9.80 Å². The van der Waals surface area contributed by atoms with Gasteiger partial charge in [-0.3, -0.25) is 4.90 Å². The highest BCUT2D eigenvalue weighted by atomic mass is 15.3. The Kier molecular flexibility index (Phi) is 4.70. The summed E-state index contributed by atoms with van der Waals surface area (Å²) < 4.78 is 0. The zero-order chi connectivity index (χ0) is 14.7. The quantitative estimate of drug-likeness (QED) is 0.844. The van der Waals surface area contributed by atoms with Crippen LogP contribution in [-0.4, -0.2) is 65.6 Å². The third-order valence-corrected chi connectivity index (χ3v) is 4.68. The minimum Gasteiger partial charge on any atom is -0.341 e. The molecular formula is C16H27N5. The van der Waals surface area contributed by atoms with E-state index in [1.54, 1.807) is 0 Å². The summed E-state index contributed by atoms with van der Waals surface area (Å²) in [6.45, 7) is 8.91. The van der Waals surface area contributed by atoms with Gasteiger partial charge in [0.25, 0.3) is 0 Å². The van der Waals surface area contributed by atoms with Crippen molar-refractivity contribution in [3.05, 3.63) is 18.0 Å². The van der Waals surface area contributed by atoms with Crippen LogP contribution in [0.1, 0.15) is 31.7 Å². The molecule has 0 amide bonds. The number of piperazine rings is 1. The highest BCUT2D eigenvalue weighted by Gasteiger charge is 2.21. The summed E-state index contributed by atoms with van der Waals surface area (Å²) in [6, 6.07) is 0.602. The lowest BCUT2D eigenvalue weighted by Crippen LogP contribution is -2.49. The van der Waals surface area contributed by atoms with Crippen LogP contribution in [-0.2, 0) is 6.54 Å². The number of hydrogen-bond donors (Lipinski definition) is 0. The molecule has 0 aromatic carbocycles. The number of hydrogen-bond acceptors (Lipinski definition) is 5. The smallest absolute Gasteiger partial charge is 0.225 e. The Balaban J connectivity index is 1.59. The van der Waals surface area contributed by atoms with Crippen molar-refractivity contribution in [1.29, 1.82) is 0 Å². The van der Waals surface area contributed by atoms with Crippen LogP contribution in [0.15, 0.2) is 12.4 Å². The van der Waals surface area contributed by atoms with Crippen molar-refractivity contribution in [2.24, 2.45) is 0 Å². The summed E-state index contributed by atoms with van der Waals surface area (Å²) in [5.74, 6) is 0.907. The first-order chi connectivity index (χ1) is 10.2. The molecule has 0 radical (unpaired) electrons. The lowest BCUT2D eigenvalue weighted by atomic mass is 10.1. The van der Waals surface area contributed by atoms with Crippen molar-refractivity contribution in [2.75, 3.05) is 44.7 Å². The molecule has 1 aromatic heterocycles. The first-order valence-electron chi connectivity index (χ1n) is 8.21. The zero-order valence-corrected chi connectivity index (χ0v) is 13.3. The average Bonchev–Trinajstić information content (AvgIpc) is 2.52. The summed E-state index contributed by atoms with van der Waals surface area (Å²) in [5.41, 5.74) is 1.23. The third kappa shape index (κ3) is 3.71. The van der Waals surface area contributed by atoms with E-state index in [2.05, 4.69) is 38.6 Å². The number of nitrogens with zero attached hydrogens (tertiary/aromatic N) is 5. The Hall–Kier alpha value is -1.20. The standard InChI is InChI=1S/C16H27N5/c1-14-12-19(2)8-9-21(14)13-15-10-17-16(18-11-15)20-6-4-3-5-7-20/h10-11,14H,3-9,12-13H2,1-2H3. The summed E-state index contributed by atoms with van der Waals surface area (Å²) in [5, 5.41) is 0. The van der Waals surface area contributed by atoms with Crippen LogP contribution in [0.2, 0.25) is 0 Å². The van der Waals surface area contributed by atoms with E-state index in [0.29, 0.717) is 6.04 Å². The number of piperidine rings is 1. The highest BCUT2D eigenvalue weighted by Crippen LogP contribution is 2.16. The average molecular weight is 289 g/mol. The predicted octanol–water partition coefficient (Wildman–Crippen LogP) is 1.60. The number of aromatic nitrogens is 2. The summed E-state index contributed by atoms with van der Waals surface area (Å²) in [4.78, 5) is 16.4. The maximum atomic E-state index is 4.59. The molecule has 5 heteroatoms. The Bertz CT molecular complexity index is 440. The van der Waals surface area contributed by atoms with Crippen molar-refractivity contribution in [3.63, 3.8) is 0 Å². The van der Waals surface area contributed by atoms with Gasteiger partial charge in [0, 0.05) is 63.3 Å². The maximum Gasteiger partial charge on any atom is 0.225 e. The van der Waals surface area contributed by atoms with Crippen LogP contribution in [0.25, 0.3) is 0 Å². The second kappa shape index (κ2) is 6.71. The fourth-order valence-electron chi connectivity index (χ4n) is 3.33. The van der Waals surface area contributed by atoms with Crippen molar-refractivity contribution in [2.45, 2.75) is 38.8 Å². The largest absolute Gasteiger partial charge is 0.341 e. The van der Waals surface area contributed by atoms with E-state index in [1.807, 2.05) is 12.4 Å².